The summed E-state index contributed by atoms with van der Waals surface area (Å²) in [4.78, 5) is 11.8. The van der Waals surface area contributed by atoms with Gasteiger partial charge in [-0.1, -0.05) is 41.4 Å². The molecule has 2 rings (SSSR count). The topological polar surface area (TPSA) is 29.1 Å². The van der Waals surface area contributed by atoms with E-state index in [-0.39, 0.29) is 12.3 Å². The van der Waals surface area contributed by atoms with Crippen LogP contribution in [0, 0.1) is 5.82 Å². The molecule has 0 fully saturated rings. The molecule has 2 aromatic rings. The lowest BCUT2D eigenvalue weighted by atomic mass is 10.1. The molecule has 0 saturated carbocycles. The van der Waals surface area contributed by atoms with Crippen molar-refractivity contribution in [2.45, 2.75) is 12.2 Å². The lowest BCUT2D eigenvalue weighted by Gasteiger charge is -2.07. The van der Waals surface area contributed by atoms with E-state index in [2.05, 4.69) is 5.32 Å². The molecule has 0 aliphatic carbocycles. The first kappa shape index (κ1) is 18.1. The van der Waals surface area contributed by atoms with Crippen molar-refractivity contribution < 1.29 is 9.18 Å². The number of nitrogens with one attached hydrogen (secondary N) is 1. The molecular formula is C17H16Cl2FNOS. The molecule has 2 nitrogen and oxygen atoms in total. The van der Waals surface area contributed by atoms with E-state index in [1.165, 1.54) is 17.7 Å². The van der Waals surface area contributed by atoms with Gasteiger partial charge in [-0.2, -0.15) is 11.8 Å². The number of rotatable bonds is 7. The number of carbonyl (C=O) groups excluding carboxylic acids is 1. The SMILES string of the molecule is O=C(Cc1ccc(Cl)cc1F)NCCSCc1ccc(Cl)cc1. The van der Waals surface area contributed by atoms with Crippen LogP contribution in [0.15, 0.2) is 42.5 Å². The molecule has 1 N–H and O–H groups in total. The Kier molecular flexibility index (Phi) is 7.21. The van der Waals surface area contributed by atoms with Crippen LogP contribution >= 0.6 is 35.0 Å². The van der Waals surface area contributed by atoms with Gasteiger partial charge in [-0.05, 0) is 35.4 Å². The summed E-state index contributed by atoms with van der Waals surface area (Å²) in [5.41, 5.74) is 1.54. The molecule has 0 aliphatic heterocycles. The van der Waals surface area contributed by atoms with Crippen molar-refractivity contribution in [2.75, 3.05) is 12.3 Å². The summed E-state index contributed by atoms with van der Waals surface area (Å²) in [7, 11) is 0. The molecule has 2 aromatic carbocycles. The number of hydrogen-bond acceptors (Lipinski definition) is 2. The van der Waals surface area contributed by atoms with Gasteiger partial charge in [0.05, 0.1) is 6.42 Å². The van der Waals surface area contributed by atoms with Crippen molar-refractivity contribution in [3.8, 4) is 0 Å². The minimum atomic E-state index is -0.454. The van der Waals surface area contributed by atoms with Crippen LogP contribution in [0.2, 0.25) is 10.0 Å². The first-order valence-corrected chi connectivity index (χ1v) is 8.98. The summed E-state index contributed by atoms with van der Waals surface area (Å²) in [6, 6.07) is 12.0. The maximum absolute atomic E-state index is 13.6. The number of amides is 1. The van der Waals surface area contributed by atoms with E-state index in [0.29, 0.717) is 17.1 Å². The highest BCUT2D eigenvalue weighted by molar-refractivity contribution is 7.98. The zero-order chi connectivity index (χ0) is 16.7. The van der Waals surface area contributed by atoms with E-state index in [1.54, 1.807) is 17.8 Å². The molecule has 0 aliphatic rings. The fourth-order valence-corrected chi connectivity index (χ4v) is 3.04. The van der Waals surface area contributed by atoms with Gasteiger partial charge in [-0.25, -0.2) is 4.39 Å². The number of carbonyl (C=O) groups is 1. The third-order valence-electron chi connectivity index (χ3n) is 3.12. The smallest absolute Gasteiger partial charge is 0.224 e. The molecule has 122 valence electrons. The second kappa shape index (κ2) is 9.16. The maximum atomic E-state index is 13.6. The summed E-state index contributed by atoms with van der Waals surface area (Å²) in [6.07, 6.45) is 0.0187. The molecule has 1 amide bonds. The number of halogens is 3. The van der Waals surface area contributed by atoms with Crippen molar-refractivity contribution >= 4 is 40.9 Å². The fourth-order valence-electron chi connectivity index (χ4n) is 1.93. The van der Waals surface area contributed by atoms with Gasteiger partial charge in [0.2, 0.25) is 5.91 Å². The van der Waals surface area contributed by atoms with Gasteiger partial charge in [-0.15, -0.1) is 0 Å². The second-order valence-corrected chi connectivity index (χ2v) is 6.92. The van der Waals surface area contributed by atoms with Crippen molar-refractivity contribution in [3.63, 3.8) is 0 Å². The third kappa shape index (κ3) is 6.42. The van der Waals surface area contributed by atoms with Gasteiger partial charge < -0.3 is 5.32 Å². The molecule has 23 heavy (non-hydrogen) atoms. The van der Waals surface area contributed by atoms with Crippen molar-refractivity contribution in [3.05, 3.63) is 69.5 Å². The lowest BCUT2D eigenvalue weighted by molar-refractivity contribution is -0.120. The Labute approximate surface area is 149 Å². The lowest BCUT2D eigenvalue weighted by Crippen LogP contribution is -2.27. The van der Waals surface area contributed by atoms with Crippen LogP contribution in [0.4, 0.5) is 4.39 Å². The molecule has 0 aromatic heterocycles. The Morgan fingerprint density at radius 1 is 1.09 bits per heavy atom. The van der Waals surface area contributed by atoms with E-state index in [9.17, 15) is 9.18 Å². The molecule has 6 heteroatoms. The normalized spacial score (nSPS) is 10.6. The average molecular weight is 372 g/mol. The minimum absolute atomic E-state index is 0.0187. The molecule has 0 saturated heterocycles. The number of thioether (sulfide) groups is 1. The average Bonchev–Trinajstić information content (AvgIpc) is 2.51. The van der Waals surface area contributed by atoms with E-state index >= 15 is 0 Å². The van der Waals surface area contributed by atoms with Crippen LogP contribution < -0.4 is 5.32 Å². The molecule has 0 heterocycles. The zero-order valence-corrected chi connectivity index (χ0v) is 14.6. The standard InChI is InChI=1S/C17H16Cl2FNOS/c18-14-4-1-12(2-5-14)11-23-8-7-21-17(22)9-13-3-6-15(19)10-16(13)20/h1-6,10H,7-9,11H2,(H,21,22). The molecule has 0 unspecified atom stereocenters. The molecule has 0 spiro atoms. The first-order chi connectivity index (χ1) is 11.0. The third-order valence-corrected chi connectivity index (χ3v) is 4.63. The van der Waals surface area contributed by atoms with Gasteiger partial charge >= 0.3 is 0 Å². The molecule has 0 bridgehead atoms. The van der Waals surface area contributed by atoms with E-state index in [1.807, 2.05) is 24.3 Å². The van der Waals surface area contributed by atoms with Crippen LogP contribution in [-0.4, -0.2) is 18.2 Å². The summed E-state index contributed by atoms with van der Waals surface area (Å²) in [6.45, 7) is 0.548. The fraction of sp³-hybridized carbons (Fsp3) is 0.235. The Balaban J connectivity index is 1.65. The van der Waals surface area contributed by atoms with Gasteiger partial charge in [0, 0.05) is 28.1 Å². The monoisotopic (exact) mass is 371 g/mol. The minimum Gasteiger partial charge on any atom is -0.355 e. The van der Waals surface area contributed by atoms with Crippen LogP contribution in [0.25, 0.3) is 0 Å². The zero-order valence-electron chi connectivity index (χ0n) is 12.3. The van der Waals surface area contributed by atoms with E-state index < -0.39 is 5.82 Å². The number of benzene rings is 2. The largest absolute Gasteiger partial charge is 0.355 e. The highest BCUT2D eigenvalue weighted by Crippen LogP contribution is 2.16. The van der Waals surface area contributed by atoms with Crippen LogP contribution in [0.5, 0.6) is 0 Å². The Hall–Kier alpha value is -1.23. The number of hydrogen-bond donors (Lipinski definition) is 1. The van der Waals surface area contributed by atoms with E-state index in [4.69, 9.17) is 23.2 Å². The van der Waals surface area contributed by atoms with Crippen LogP contribution in [-0.2, 0) is 17.0 Å². The quantitative estimate of drug-likeness (QED) is 0.713. The van der Waals surface area contributed by atoms with Gasteiger partial charge in [0.15, 0.2) is 0 Å². The Bertz CT molecular complexity index is 664. The maximum Gasteiger partial charge on any atom is 0.224 e. The van der Waals surface area contributed by atoms with Crippen LogP contribution in [0.1, 0.15) is 11.1 Å². The van der Waals surface area contributed by atoms with Gasteiger partial charge in [-0.3, -0.25) is 4.79 Å². The van der Waals surface area contributed by atoms with Gasteiger partial charge in [0.25, 0.3) is 0 Å². The summed E-state index contributed by atoms with van der Waals surface area (Å²) < 4.78 is 13.6. The Morgan fingerprint density at radius 2 is 1.78 bits per heavy atom. The second-order valence-electron chi connectivity index (χ2n) is 4.94. The highest BCUT2D eigenvalue weighted by Gasteiger charge is 2.08. The first-order valence-electron chi connectivity index (χ1n) is 7.07. The van der Waals surface area contributed by atoms with Crippen molar-refractivity contribution in [2.24, 2.45) is 0 Å². The summed E-state index contributed by atoms with van der Waals surface area (Å²) >= 11 is 13.2. The molecule has 0 radical (unpaired) electrons. The highest BCUT2D eigenvalue weighted by atomic mass is 35.5. The van der Waals surface area contributed by atoms with Gasteiger partial charge in [0.1, 0.15) is 5.82 Å². The van der Waals surface area contributed by atoms with Crippen molar-refractivity contribution in [1.29, 1.82) is 0 Å². The summed E-state index contributed by atoms with van der Waals surface area (Å²) in [5, 5.41) is 3.83. The van der Waals surface area contributed by atoms with Crippen molar-refractivity contribution in [1.82, 2.24) is 5.32 Å². The summed E-state index contributed by atoms with van der Waals surface area (Å²) in [5.74, 6) is 0.999. The molecular weight excluding hydrogens is 356 g/mol. The van der Waals surface area contributed by atoms with E-state index in [0.717, 1.165) is 16.5 Å². The van der Waals surface area contributed by atoms with Crippen LogP contribution in [0.3, 0.4) is 0 Å². The predicted molar refractivity (Wildman–Crippen MR) is 95.7 cm³/mol. The molecule has 0 atom stereocenters. The predicted octanol–water partition coefficient (Wildman–Crippen LogP) is 4.72. The Morgan fingerprint density at radius 3 is 2.48 bits per heavy atom.